The van der Waals surface area contributed by atoms with Gasteiger partial charge in [0.25, 0.3) is 0 Å². The van der Waals surface area contributed by atoms with Gasteiger partial charge in [0, 0.05) is 30.4 Å². The summed E-state index contributed by atoms with van der Waals surface area (Å²) >= 11 is 0. The first-order valence-corrected chi connectivity index (χ1v) is 7.61. The Morgan fingerprint density at radius 2 is 1.91 bits per heavy atom. The summed E-state index contributed by atoms with van der Waals surface area (Å²) in [7, 11) is 0. The second-order valence-corrected chi connectivity index (χ2v) is 6.51. The van der Waals surface area contributed by atoms with Gasteiger partial charge in [-0.15, -0.1) is 0 Å². The minimum atomic E-state index is -0.499. The third kappa shape index (κ3) is 3.09. The van der Waals surface area contributed by atoms with Crippen molar-refractivity contribution in [2.45, 2.75) is 26.4 Å². The summed E-state index contributed by atoms with van der Waals surface area (Å²) in [6, 6.07) is 8.09. The number of fused-ring (bicyclic) bond motifs is 1. The van der Waals surface area contributed by atoms with Gasteiger partial charge in [0.15, 0.2) is 0 Å². The molecule has 0 bridgehead atoms. The molecule has 0 saturated carbocycles. The molecule has 118 valence electrons. The number of benzene rings is 1. The highest BCUT2D eigenvalue weighted by Gasteiger charge is 2.19. The number of carbonyl (C=O) groups excluding carboxylic acids is 1. The fourth-order valence-electron chi connectivity index (χ4n) is 2.62. The first-order chi connectivity index (χ1) is 10.4. The summed E-state index contributed by atoms with van der Waals surface area (Å²) in [5, 5.41) is 1.04. The molecule has 1 aromatic heterocycles. The van der Waals surface area contributed by atoms with Gasteiger partial charge < -0.3 is 14.4 Å². The Bertz CT molecular complexity index is 679. The van der Waals surface area contributed by atoms with E-state index in [4.69, 9.17) is 9.47 Å². The molecule has 22 heavy (non-hydrogen) atoms. The first-order valence-electron chi connectivity index (χ1n) is 7.61. The molecule has 0 N–H and O–H groups in total. The zero-order valence-corrected chi connectivity index (χ0v) is 13.3. The van der Waals surface area contributed by atoms with Crippen molar-refractivity contribution < 1.29 is 14.3 Å². The van der Waals surface area contributed by atoms with Crippen LogP contribution < -0.4 is 4.90 Å². The van der Waals surface area contributed by atoms with Crippen molar-refractivity contribution in [3.63, 3.8) is 0 Å². The summed E-state index contributed by atoms with van der Waals surface area (Å²) in [6.07, 6.45) is 1.42. The molecular formula is C17H22N2O3. The molecule has 3 rings (SSSR count). The number of rotatable bonds is 1. The molecule has 1 fully saturated rings. The quantitative estimate of drug-likeness (QED) is 0.811. The molecule has 1 aliphatic heterocycles. The number of aromatic nitrogens is 1. The molecule has 5 nitrogen and oxygen atoms in total. The van der Waals surface area contributed by atoms with Gasteiger partial charge in [0.05, 0.1) is 18.7 Å². The minimum absolute atomic E-state index is 0.346. The van der Waals surface area contributed by atoms with E-state index in [9.17, 15) is 4.79 Å². The van der Waals surface area contributed by atoms with Gasteiger partial charge in [-0.1, -0.05) is 0 Å². The van der Waals surface area contributed by atoms with Crippen LogP contribution in [0.3, 0.4) is 0 Å². The van der Waals surface area contributed by atoms with Gasteiger partial charge in [-0.05, 0) is 45.0 Å². The van der Waals surface area contributed by atoms with E-state index in [0.29, 0.717) is 0 Å². The topological polar surface area (TPSA) is 43.7 Å². The van der Waals surface area contributed by atoms with Crippen LogP contribution in [0.2, 0.25) is 0 Å². The highest BCUT2D eigenvalue weighted by atomic mass is 16.6. The van der Waals surface area contributed by atoms with Crippen molar-refractivity contribution in [1.29, 1.82) is 0 Å². The highest BCUT2D eigenvalue weighted by Crippen LogP contribution is 2.24. The normalized spacial score (nSPS) is 16.0. The maximum atomic E-state index is 12.2. The molecule has 0 amide bonds. The zero-order chi connectivity index (χ0) is 15.7. The standard InChI is InChI=1S/C17H22N2O3/c1-17(2,3)22-16(20)19-7-6-13-12-14(4-5-15(13)19)18-8-10-21-11-9-18/h4-7,12H,8-11H2,1-3H3. The highest BCUT2D eigenvalue weighted by molar-refractivity contribution is 5.91. The molecule has 1 saturated heterocycles. The Hall–Kier alpha value is -2.01. The maximum Gasteiger partial charge on any atom is 0.418 e. The van der Waals surface area contributed by atoms with Gasteiger partial charge in [-0.2, -0.15) is 0 Å². The van der Waals surface area contributed by atoms with Crippen LogP contribution in [0, 0.1) is 0 Å². The van der Waals surface area contributed by atoms with Crippen LogP contribution in [-0.4, -0.2) is 42.6 Å². The molecule has 1 aliphatic rings. The van der Waals surface area contributed by atoms with Crippen molar-refractivity contribution in [3.8, 4) is 0 Å². The van der Waals surface area contributed by atoms with E-state index in [1.807, 2.05) is 32.9 Å². The van der Waals surface area contributed by atoms with Gasteiger partial charge in [-0.25, -0.2) is 4.79 Å². The SMILES string of the molecule is CC(C)(C)OC(=O)n1ccc2cc(N3CCOCC3)ccc21. The molecule has 0 atom stereocenters. The molecule has 0 aliphatic carbocycles. The van der Waals surface area contributed by atoms with Crippen LogP contribution in [-0.2, 0) is 9.47 Å². The first kappa shape index (κ1) is 14.9. The lowest BCUT2D eigenvalue weighted by atomic mass is 10.2. The Kier molecular flexibility index (Phi) is 3.83. The van der Waals surface area contributed by atoms with Crippen molar-refractivity contribution in [2.75, 3.05) is 31.2 Å². The van der Waals surface area contributed by atoms with Crippen LogP contribution in [0.1, 0.15) is 20.8 Å². The van der Waals surface area contributed by atoms with Crippen LogP contribution in [0.25, 0.3) is 10.9 Å². The third-order valence-corrected chi connectivity index (χ3v) is 3.64. The summed E-state index contributed by atoms with van der Waals surface area (Å²) < 4.78 is 12.4. The molecule has 0 radical (unpaired) electrons. The second-order valence-electron chi connectivity index (χ2n) is 6.51. The number of nitrogens with zero attached hydrogens (tertiary/aromatic N) is 2. The smallest absolute Gasteiger partial charge is 0.418 e. The summed E-state index contributed by atoms with van der Waals surface area (Å²) in [5.74, 6) is 0. The number of morpholine rings is 1. The molecule has 2 aromatic rings. The zero-order valence-electron chi connectivity index (χ0n) is 13.3. The van der Waals surface area contributed by atoms with Gasteiger partial charge in [0.2, 0.25) is 0 Å². The van der Waals surface area contributed by atoms with Crippen LogP contribution >= 0.6 is 0 Å². The number of hydrogen-bond acceptors (Lipinski definition) is 4. The Morgan fingerprint density at radius 1 is 1.18 bits per heavy atom. The average Bonchev–Trinajstić information content (AvgIpc) is 2.89. The van der Waals surface area contributed by atoms with E-state index in [1.165, 1.54) is 0 Å². The van der Waals surface area contributed by atoms with Crippen molar-refractivity contribution in [3.05, 3.63) is 30.5 Å². The molecule has 2 heterocycles. The summed E-state index contributed by atoms with van der Waals surface area (Å²) in [5.41, 5.74) is 1.53. The van der Waals surface area contributed by atoms with Crippen LogP contribution in [0.4, 0.5) is 10.5 Å². The lowest BCUT2D eigenvalue weighted by Gasteiger charge is -2.28. The van der Waals surface area contributed by atoms with E-state index in [2.05, 4.69) is 17.0 Å². The average molecular weight is 302 g/mol. The number of anilines is 1. The van der Waals surface area contributed by atoms with E-state index in [1.54, 1.807) is 10.8 Å². The Morgan fingerprint density at radius 3 is 2.59 bits per heavy atom. The fraction of sp³-hybridized carbons (Fsp3) is 0.471. The Balaban J connectivity index is 1.87. The molecule has 1 aromatic carbocycles. The number of carbonyl (C=O) groups is 1. The lowest BCUT2D eigenvalue weighted by molar-refractivity contribution is 0.0544. The largest absolute Gasteiger partial charge is 0.443 e. The predicted octanol–water partition coefficient (Wildman–Crippen LogP) is 3.26. The monoisotopic (exact) mass is 302 g/mol. The maximum absolute atomic E-state index is 12.2. The van der Waals surface area contributed by atoms with Gasteiger partial charge >= 0.3 is 6.09 Å². The number of hydrogen-bond donors (Lipinski definition) is 0. The third-order valence-electron chi connectivity index (χ3n) is 3.64. The van der Waals surface area contributed by atoms with Crippen LogP contribution in [0.5, 0.6) is 0 Å². The molecule has 0 unspecified atom stereocenters. The molecular weight excluding hydrogens is 280 g/mol. The molecule has 5 heteroatoms. The minimum Gasteiger partial charge on any atom is -0.443 e. The van der Waals surface area contributed by atoms with E-state index < -0.39 is 5.60 Å². The summed E-state index contributed by atoms with van der Waals surface area (Å²) in [6.45, 7) is 8.93. The predicted molar refractivity (Wildman–Crippen MR) is 86.6 cm³/mol. The van der Waals surface area contributed by atoms with Crippen LogP contribution in [0.15, 0.2) is 30.5 Å². The van der Waals surface area contributed by atoms with E-state index in [0.717, 1.165) is 42.9 Å². The van der Waals surface area contributed by atoms with Gasteiger partial charge in [0.1, 0.15) is 5.60 Å². The number of ether oxygens (including phenoxy) is 2. The second kappa shape index (κ2) is 5.65. The van der Waals surface area contributed by atoms with Crippen molar-refractivity contribution in [1.82, 2.24) is 4.57 Å². The molecule has 0 spiro atoms. The van der Waals surface area contributed by atoms with Crippen molar-refractivity contribution >= 4 is 22.7 Å². The lowest BCUT2D eigenvalue weighted by Crippen LogP contribution is -2.36. The fourth-order valence-corrected chi connectivity index (χ4v) is 2.62. The van der Waals surface area contributed by atoms with E-state index >= 15 is 0 Å². The van der Waals surface area contributed by atoms with Crippen molar-refractivity contribution in [2.24, 2.45) is 0 Å². The van der Waals surface area contributed by atoms with Gasteiger partial charge in [-0.3, -0.25) is 4.57 Å². The Labute approximate surface area is 130 Å². The van der Waals surface area contributed by atoms with E-state index in [-0.39, 0.29) is 6.09 Å². The summed E-state index contributed by atoms with van der Waals surface area (Å²) in [4.78, 5) is 14.5.